The summed E-state index contributed by atoms with van der Waals surface area (Å²) >= 11 is 0. The number of aliphatic imine (C=N–C) groups is 1. The Morgan fingerprint density at radius 2 is 1.84 bits per heavy atom. The molecule has 1 aliphatic carbocycles. The molecule has 1 aromatic rings. The Bertz CT molecular complexity index is 568. The molecule has 1 heterocycles. The molecular formula is C19H30IN3O2. The van der Waals surface area contributed by atoms with Gasteiger partial charge in [0.25, 0.3) is 0 Å². The van der Waals surface area contributed by atoms with Gasteiger partial charge in [-0.3, -0.25) is 4.99 Å². The number of methoxy groups -OCH3 is 2. The van der Waals surface area contributed by atoms with Gasteiger partial charge in [0.1, 0.15) is 11.5 Å². The van der Waals surface area contributed by atoms with E-state index < -0.39 is 0 Å². The third-order valence-electron chi connectivity index (χ3n) is 5.08. The predicted octanol–water partition coefficient (Wildman–Crippen LogP) is 3.49. The molecule has 1 N–H and O–H groups in total. The van der Waals surface area contributed by atoms with Crippen LogP contribution >= 0.6 is 24.0 Å². The second-order valence-electron chi connectivity index (χ2n) is 6.78. The number of benzene rings is 1. The molecule has 1 aromatic carbocycles. The highest BCUT2D eigenvalue weighted by Crippen LogP contribution is 2.33. The molecule has 1 aliphatic heterocycles. The molecule has 0 bridgehead atoms. The monoisotopic (exact) mass is 459 g/mol. The molecule has 0 amide bonds. The lowest BCUT2D eigenvalue weighted by atomic mass is 9.98. The van der Waals surface area contributed by atoms with Gasteiger partial charge in [0.2, 0.25) is 0 Å². The lowest BCUT2D eigenvalue weighted by Gasteiger charge is -2.22. The molecule has 25 heavy (non-hydrogen) atoms. The van der Waals surface area contributed by atoms with Gasteiger partial charge in [0.15, 0.2) is 5.96 Å². The van der Waals surface area contributed by atoms with E-state index >= 15 is 0 Å². The van der Waals surface area contributed by atoms with Crippen molar-refractivity contribution < 1.29 is 9.47 Å². The average molecular weight is 459 g/mol. The Labute approximate surface area is 168 Å². The van der Waals surface area contributed by atoms with Crippen molar-refractivity contribution in [3.63, 3.8) is 0 Å². The molecule has 0 spiro atoms. The standard InChI is InChI=1S/C19H29N3O2.HI/c1-20-19(21-8-6-14-4-5-14)22-9-7-15(13-22)16-10-17(23-2)12-18(11-16)24-3;/h10-12,14-15H,4-9,13H2,1-3H3,(H,20,21);1H. The fourth-order valence-corrected chi connectivity index (χ4v) is 3.42. The molecule has 2 fully saturated rings. The van der Waals surface area contributed by atoms with Crippen LogP contribution in [-0.4, -0.2) is 51.8 Å². The van der Waals surface area contributed by atoms with Gasteiger partial charge < -0.3 is 19.7 Å². The summed E-state index contributed by atoms with van der Waals surface area (Å²) in [5.74, 6) is 4.18. The molecule has 2 aliphatic rings. The second-order valence-corrected chi connectivity index (χ2v) is 6.78. The highest BCUT2D eigenvalue weighted by Gasteiger charge is 2.27. The topological polar surface area (TPSA) is 46.1 Å². The van der Waals surface area contributed by atoms with E-state index in [1.54, 1.807) is 14.2 Å². The van der Waals surface area contributed by atoms with Gasteiger partial charge in [0, 0.05) is 38.7 Å². The largest absolute Gasteiger partial charge is 0.497 e. The maximum absolute atomic E-state index is 5.40. The molecule has 0 radical (unpaired) electrons. The molecule has 1 saturated carbocycles. The van der Waals surface area contributed by atoms with Crippen molar-refractivity contribution in [3.05, 3.63) is 23.8 Å². The van der Waals surface area contributed by atoms with Crippen molar-refractivity contribution in [1.82, 2.24) is 10.2 Å². The highest BCUT2D eigenvalue weighted by atomic mass is 127. The van der Waals surface area contributed by atoms with Crippen LogP contribution in [0.4, 0.5) is 0 Å². The first-order chi connectivity index (χ1) is 11.7. The summed E-state index contributed by atoms with van der Waals surface area (Å²) in [6.07, 6.45) is 5.20. The molecule has 6 heteroatoms. The number of nitrogens with zero attached hydrogens (tertiary/aromatic N) is 2. The Kier molecular flexibility index (Phi) is 7.65. The van der Waals surface area contributed by atoms with Crippen LogP contribution in [0.1, 0.15) is 37.2 Å². The quantitative estimate of drug-likeness (QED) is 0.402. The molecule has 1 unspecified atom stereocenters. The van der Waals surface area contributed by atoms with E-state index in [1.165, 1.54) is 24.8 Å². The molecule has 3 rings (SSSR count). The van der Waals surface area contributed by atoms with Crippen molar-refractivity contribution >= 4 is 29.9 Å². The number of rotatable bonds is 6. The van der Waals surface area contributed by atoms with E-state index in [0.717, 1.165) is 49.4 Å². The summed E-state index contributed by atoms with van der Waals surface area (Å²) in [5, 5.41) is 3.53. The second kappa shape index (κ2) is 9.50. The van der Waals surface area contributed by atoms with E-state index in [4.69, 9.17) is 9.47 Å². The van der Waals surface area contributed by atoms with E-state index in [2.05, 4.69) is 27.3 Å². The van der Waals surface area contributed by atoms with Crippen LogP contribution in [0.2, 0.25) is 0 Å². The number of halogens is 1. The summed E-state index contributed by atoms with van der Waals surface area (Å²) in [4.78, 5) is 6.83. The first-order valence-corrected chi connectivity index (χ1v) is 8.92. The summed E-state index contributed by atoms with van der Waals surface area (Å²) in [6.45, 7) is 3.05. The smallest absolute Gasteiger partial charge is 0.193 e. The first-order valence-electron chi connectivity index (χ1n) is 8.92. The van der Waals surface area contributed by atoms with E-state index in [-0.39, 0.29) is 24.0 Å². The molecule has 5 nitrogen and oxygen atoms in total. The maximum atomic E-state index is 5.40. The van der Waals surface area contributed by atoms with Crippen molar-refractivity contribution in [2.45, 2.75) is 31.6 Å². The van der Waals surface area contributed by atoms with Crippen molar-refractivity contribution in [3.8, 4) is 11.5 Å². The fourth-order valence-electron chi connectivity index (χ4n) is 3.42. The fraction of sp³-hybridized carbons (Fsp3) is 0.632. The SMILES string of the molecule is CN=C(NCCC1CC1)N1CCC(c2cc(OC)cc(OC)c2)C1.I. The first kappa shape index (κ1) is 20.1. The van der Waals surface area contributed by atoms with Crippen molar-refractivity contribution in [1.29, 1.82) is 0 Å². The normalized spacial score (nSPS) is 20.2. The average Bonchev–Trinajstić information content (AvgIpc) is 3.32. The van der Waals surface area contributed by atoms with Crippen molar-refractivity contribution in [2.75, 3.05) is 40.9 Å². The summed E-state index contributed by atoms with van der Waals surface area (Å²) in [5.41, 5.74) is 1.28. The van der Waals surface area contributed by atoms with Crippen LogP contribution in [0.25, 0.3) is 0 Å². The van der Waals surface area contributed by atoms with Crippen LogP contribution < -0.4 is 14.8 Å². The van der Waals surface area contributed by atoms with Crippen LogP contribution in [0.3, 0.4) is 0 Å². The minimum absolute atomic E-state index is 0. The van der Waals surface area contributed by atoms with E-state index in [1.807, 2.05) is 13.1 Å². The molecule has 0 aromatic heterocycles. The van der Waals surface area contributed by atoms with Crippen LogP contribution in [0.15, 0.2) is 23.2 Å². The van der Waals surface area contributed by atoms with Gasteiger partial charge in [0.05, 0.1) is 14.2 Å². The Hall–Kier alpha value is -1.18. The van der Waals surface area contributed by atoms with Crippen LogP contribution in [-0.2, 0) is 0 Å². The maximum Gasteiger partial charge on any atom is 0.193 e. The highest BCUT2D eigenvalue weighted by molar-refractivity contribution is 14.0. The number of nitrogens with one attached hydrogen (secondary N) is 1. The Morgan fingerprint density at radius 3 is 2.40 bits per heavy atom. The zero-order valence-corrected chi connectivity index (χ0v) is 17.8. The van der Waals surface area contributed by atoms with Crippen molar-refractivity contribution in [2.24, 2.45) is 10.9 Å². The van der Waals surface area contributed by atoms with Gasteiger partial charge >= 0.3 is 0 Å². The number of guanidine groups is 1. The lowest BCUT2D eigenvalue weighted by Crippen LogP contribution is -2.40. The molecule has 1 saturated heterocycles. The zero-order chi connectivity index (χ0) is 16.9. The number of hydrogen-bond acceptors (Lipinski definition) is 3. The third-order valence-corrected chi connectivity index (χ3v) is 5.08. The lowest BCUT2D eigenvalue weighted by molar-refractivity contribution is 0.392. The van der Waals surface area contributed by atoms with Gasteiger partial charge in [-0.25, -0.2) is 0 Å². The molecule has 1 atom stereocenters. The Balaban J connectivity index is 0.00000225. The Morgan fingerprint density at radius 1 is 1.16 bits per heavy atom. The predicted molar refractivity (Wildman–Crippen MR) is 113 cm³/mol. The summed E-state index contributed by atoms with van der Waals surface area (Å²) in [7, 11) is 5.28. The van der Waals surface area contributed by atoms with E-state index in [9.17, 15) is 0 Å². The van der Waals surface area contributed by atoms with Crippen LogP contribution in [0, 0.1) is 5.92 Å². The minimum Gasteiger partial charge on any atom is -0.497 e. The summed E-state index contributed by atoms with van der Waals surface area (Å²) < 4.78 is 10.8. The van der Waals surface area contributed by atoms with Gasteiger partial charge in [-0.2, -0.15) is 0 Å². The number of ether oxygens (including phenoxy) is 2. The molecular weight excluding hydrogens is 429 g/mol. The number of hydrogen-bond donors (Lipinski definition) is 1. The van der Waals surface area contributed by atoms with E-state index in [0.29, 0.717) is 5.92 Å². The summed E-state index contributed by atoms with van der Waals surface area (Å²) in [6, 6.07) is 6.18. The van der Waals surface area contributed by atoms with Gasteiger partial charge in [-0.1, -0.05) is 12.8 Å². The minimum atomic E-state index is 0. The van der Waals surface area contributed by atoms with Gasteiger partial charge in [-0.05, 0) is 36.5 Å². The zero-order valence-electron chi connectivity index (χ0n) is 15.5. The third kappa shape index (κ3) is 5.39. The number of likely N-dealkylation sites (tertiary alicyclic amines) is 1. The van der Waals surface area contributed by atoms with Gasteiger partial charge in [-0.15, -0.1) is 24.0 Å². The van der Waals surface area contributed by atoms with Crippen LogP contribution in [0.5, 0.6) is 11.5 Å². The molecule has 140 valence electrons.